The number of para-hydroxylation sites is 1. The normalized spacial score (nSPS) is 12.3. The molecule has 0 aliphatic carbocycles. The fourth-order valence-electron chi connectivity index (χ4n) is 2.41. The molecule has 1 atom stereocenters. The third-order valence-corrected chi connectivity index (χ3v) is 3.73. The topological polar surface area (TPSA) is 66.0 Å². The van der Waals surface area contributed by atoms with Crippen LogP contribution in [0.15, 0.2) is 30.3 Å². The molecule has 0 spiro atoms. The molecular formula is C16H22N4. The Morgan fingerprint density at radius 3 is 2.65 bits per heavy atom. The van der Waals surface area contributed by atoms with Crippen LogP contribution in [-0.4, -0.2) is 23.4 Å². The summed E-state index contributed by atoms with van der Waals surface area (Å²) in [6.07, 6.45) is 1.03. The fourth-order valence-corrected chi connectivity index (χ4v) is 2.41. The summed E-state index contributed by atoms with van der Waals surface area (Å²) >= 11 is 0. The molecule has 2 rings (SSSR count). The second kappa shape index (κ2) is 5.90. The molecule has 3 N–H and O–H groups in total. The van der Waals surface area contributed by atoms with Crippen LogP contribution in [0.3, 0.4) is 0 Å². The molecular weight excluding hydrogens is 248 g/mol. The molecule has 0 amide bonds. The molecule has 106 valence electrons. The lowest BCUT2D eigenvalue weighted by atomic mass is 10.1. The van der Waals surface area contributed by atoms with Crippen molar-refractivity contribution >= 4 is 22.6 Å². The van der Waals surface area contributed by atoms with Gasteiger partial charge in [-0.3, -0.25) is 5.41 Å². The largest absolute Gasteiger partial charge is 0.384 e. The minimum atomic E-state index is 0.0695. The smallest absolute Gasteiger partial charge is 0.140 e. The molecule has 4 heteroatoms. The molecule has 0 bridgehead atoms. The van der Waals surface area contributed by atoms with Crippen molar-refractivity contribution in [2.45, 2.75) is 33.2 Å². The summed E-state index contributed by atoms with van der Waals surface area (Å²) in [4.78, 5) is 6.95. The lowest BCUT2D eigenvalue weighted by Crippen LogP contribution is -2.35. The number of rotatable bonds is 5. The zero-order chi connectivity index (χ0) is 14.7. The van der Waals surface area contributed by atoms with E-state index in [-0.39, 0.29) is 5.84 Å². The molecule has 0 saturated carbocycles. The van der Waals surface area contributed by atoms with Crippen molar-refractivity contribution in [2.75, 3.05) is 11.4 Å². The van der Waals surface area contributed by atoms with Gasteiger partial charge in [-0.1, -0.05) is 25.1 Å². The first-order chi connectivity index (χ1) is 9.58. The van der Waals surface area contributed by atoms with Crippen LogP contribution in [0.2, 0.25) is 0 Å². The van der Waals surface area contributed by atoms with E-state index in [9.17, 15) is 0 Å². The molecule has 0 radical (unpaired) electrons. The molecule has 1 aromatic heterocycles. The number of amidine groups is 1. The van der Waals surface area contributed by atoms with Gasteiger partial charge in [-0.25, -0.2) is 4.98 Å². The summed E-state index contributed by atoms with van der Waals surface area (Å²) in [5.74, 6) is 0.882. The quantitative estimate of drug-likeness (QED) is 0.648. The first kappa shape index (κ1) is 14.3. The number of nitrogen functional groups attached to an aromatic ring is 1. The minimum Gasteiger partial charge on any atom is -0.384 e. The molecule has 1 heterocycles. The van der Waals surface area contributed by atoms with Gasteiger partial charge in [0.15, 0.2) is 0 Å². The SMILES string of the molecule is CCC(C)N(CC)c1nc2ccccc2cc1C(=N)N. The highest BCUT2D eigenvalue weighted by atomic mass is 15.2. The number of benzene rings is 1. The maximum atomic E-state index is 7.83. The fraction of sp³-hybridized carbons (Fsp3) is 0.375. The zero-order valence-electron chi connectivity index (χ0n) is 12.4. The Balaban J connectivity index is 2.65. The summed E-state index contributed by atoms with van der Waals surface area (Å²) in [5.41, 5.74) is 7.41. The van der Waals surface area contributed by atoms with Crippen molar-refractivity contribution in [3.05, 3.63) is 35.9 Å². The van der Waals surface area contributed by atoms with E-state index < -0.39 is 0 Å². The van der Waals surface area contributed by atoms with Crippen molar-refractivity contribution in [1.29, 1.82) is 5.41 Å². The van der Waals surface area contributed by atoms with E-state index in [1.54, 1.807) is 0 Å². The van der Waals surface area contributed by atoms with Crippen LogP contribution in [-0.2, 0) is 0 Å². The van der Waals surface area contributed by atoms with Gasteiger partial charge in [0, 0.05) is 18.0 Å². The number of pyridine rings is 1. The Labute approximate surface area is 120 Å². The van der Waals surface area contributed by atoms with Crippen LogP contribution >= 0.6 is 0 Å². The highest BCUT2D eigenvalue weighted by Crippen LogP contribution is 2.25. The molecule has 1 aromatic carbocycles. The number of nitrogens with two attached hydrogens (primary N) is 1. The summed E-state index contributed by atoms with van der Waals surface area (Å²) in [7, 11) is 0. The molecule has 2 aromatic rings. The Morgan fingerprint density at radius 1 is 1.35 bits per heavy atom. The van der Waals surface area contributed by atoms with Crippen molar-refractivity contribution in [3.8, 4) is 0 Å². The second-order valence-electron chi connectivity index (χ2n) is 5.01. The van der Waals surface area contributed by atoms with Crippen LogP contribution in [0.25, 0.3) is 10.9 Å². The van der Waals surface area contributed by atoms with E-state index >= 15 is 0 Å². The molecule has 0 fully saturated rings. The standard InChI is InChI=1S/C16H22N4/c1-4-11(3)20(5-2)16-13(15(17)18)10-12-8-6-7-9-14(12)19-16/h6-11H,4-5H2,1-3H3,(H3,17,18). The second-order valence-corrected chi connectivity index (χ2v) is 5.01. The Morgan fingerprint density at radius 2 is 2.05 bits per heavy atom. The predicted octanol–water partition coefficient (Wildman–Crippen LogP) is 3.14. The lowest BCUT2D eigenvalue weighted by molar-refractivity contribution is 0.623. The van der Waals surface area contributed by atoms with Gasteiger partial charge in [0.2, 0.25) is 0 Å². The van der Waals surface area contributed by atoms with E-state index in [1.165, 1.54) is 0 Å². The van der Waals surface area contributed by atoms with E-state index in [2.05, 4.69) is 25.7 Å². The van der Waals surface area contributed by atoms with Gasteiger partial charge < -0.3 is 10.6 Å². The first-order valence-corrected chi connectivity index (χ1v) is 7.09. The number of nitrogens with one attached hydrogen (secondary N) is 1. The summed E-state index contributed by atoms with van der Waals surface area (Å²) in [6, 6.07) is 10.3. The first-order valence-electron chi connectivity index (χ1n) is 7.09. The zero-order valence-corrected chi connectivity index (χ0v) is 12.4. The third-order valence-electron chi connectivity index (χ3n) is 3.73. The van der Waals surface area contributed by atoms with E-state index in [1.807, 2.05) is 30.3 Å². The molecule has 0 saturated heterocycles. The van der Waals surface area contributed by atoms with Crippen LogP contribution in [0, 0.1) is 5.41 Å². The number of aromatic nitrogens is 1. The van der Waals surface area contributed by atoms with Crippen LogP contribution in [0.1, 0.15) is 32.8 Å². The average molecular weight is 270 g/mol. The summed E-state index contributed by atoms with van der Waals surface area (Å²) in [5, 5.41) is 8.84. The maximum absolute atomic E-state index is 7.83. The molecule has 0 aliphatic heterocycles. The van der Waals surface area contributed by atoms with Gasteiger partial charge in [0.1, 0.15) is 11.7 Å². The number of hydrogen-bond acceptors (Lipinski definition) is 3. The van der Waals surface area contributed by atoms with Crippen LogP contribution in [0.4, 0.5) is 5.82 Å². The Kier molecular flexibility index (Phi) is 4.23. The number of hydrogen-bond donors (Lipinski definition) is 2. The Hall–Kier alpha value is -2.10. The maximum Gasteiger partial charge on any atom is 0.140 e. The average Bonchev–Trinajstić information content (AvgIpc) is 2.46. The molecule has 1 unspecified atom stereocenters. The van der Waals surface area contributed by atoms with E-state index in [4.69, 9.17) is 16.1 Å². The monoisotopic (exact) mass is 270 g/mol. The number of anilines is 1. The van der Waals surface area contributed by atoms with Crippen LogP contribution < -0.4 is 10.6 Å². The van der Waals surface area contributed by atoms with Crippen molar-refractivity contribution in [1.82, 2.24) is 4.98 Å². The van der Waals surface area contributed by atoms with Crippen molar-refractivity contribution in [3.63, 3.8) is 0 Å². The molecule has 20 heavy (non-hydrogen) atoms. The lowest BCUT2D eigenvalue weighted by Gasteiger charge is -2.30. The van der Waals surface area contributed by atoms with Gasteiger partial charge >= 0.3 is 0 Å². The van der Waals surface area contributed by atoms with Crippen molar-refractivity contribution < 1.29 is 0 Å². The number of fused-ring (bicyclic) bond motifs is 1. The Bertz CT molecular complexity index is 621. The van der Waals surface area contributed by atoms with Crippen LogP contribution in [0.5, 0.6) is 0 Å². The summed E-state index contributed by atoms with van der Waals surface area (Å²) in [6.45, 7) is 7.28. The van der Waals surface area contributed by atoms with E-state index in [0.717, 1.165) is 29.7 Å². The van der Waals surface area contributed by atoms with Gasteiger partial charge in [0.05, 0.1) is 11.1 Å². The highest BCUT2D eigenvalue weighted by Gasteiger charge is 2.18. The van der Waals surface area contributed by atoms with Gasteiger partial charge in [-0.05, 0) is 32.4 Å². The van der Waals surface area contributed by atoms with Gasteiger partial charge in [0.25, 0.3) is 0 Å². The molecule has 4 nitrogen and oxygen atoms in total. The van der Waals surface area contributed by atoms with Gasteiger partial charge in [-0.15, -0.1) is 0 Å². The van der Waals surface area contributed by atoms with Gasteiger partial charge in [-0.2, -0.15) is 0 Å². The highest BCUT2D eigenvalue weighted by molar-refractivity contribution is 6.03. The minimum absolute atomic E-state index is 0.0695. The number of nitrogens with zero attached hydrogens (tertiary/aromatic N) is 2. The third kappa shape index (κ3) is 2.59. The van der Waals surface area contributed by atoms with E-state index in [0.29, 0.717) is 11.6 Å². The summed E-state index contributed by atoms with van der Waals surface area (Å²) < 4.78 is 0. The van der Waals surface area contributed by atoms with Crippen molar-refractivity contribution in [2.24, 2.45) is 5.73 Å². The molecule has 0 aliphatic rings. The predicted molar refractivity (Wildman–Crippen MR) is 85.5 cm³/mol.